The van der Waals surface area contributed by atoms with Gasteiger partial charge in [-0.2, -0.15) is 5.10 Å². The van der Waals surface area contributed by atoms with Gasteiger partial charge < -0.3 is 9.63 Å². The van der Waals surface area contributed by atoms with Gasteiger partial charge in [0.25, 0.3) is 0 Å². The molecule has 0 fully saturated rings. The Balaban J connectivity index is 1.84. The molecule has 0 aliphatic carbocycles. The van der Waals surface area contributed by atoms with Crippen LogP contribution in [0.5, 0.6) is 0 Å². The monoisotopic (exact) mass is 307 g/mol. The van der Waals surface area contributed by atoms with Crippen LogP contribution in [0.4, 0.5) is 0 Å². The molecule has 3 heterocycles. The Kier molecular flexibility index (Phi) is 3.57. The van der Waals surface area contributed by atoms with Gasteiger partial charge in [0.05, 0.1) is 25.3 Å². The molecule has 0 amide bonds. The average molecular weight is 307 g/mol. The zero-order valence-corrected chi connectivity index (χ0v) is 12.3. The van der Waals surface area contributed by atoms with Crippen molar-refractivity contribution in [1.29, 1.82) is 0 Å². The van der Waals surface area contributed by atoms with Crippen molar-refractivity contribution in [3.63, 3.8) is 0 Å². The highest BCUT2D eigenvalue weighted by atomic mass is 16.5. The molecule has 0 radical (unpaired) electrons. The number of aliphatic carboxylic acids is 1. The maximum absolute atomic E-state index is 11.6. The molecule has 0 spiro atoms. The fourth-order valence-corrected chi connectivity index (χ4v) is 2.52. The number of nitrogens with one attached hydrogen (secondary N) is 1. The average Bonchev–Trinajstić information content (AvgIpc) is 3.06. The van der Waals surface area contributed by atoms with Crippen LogP contribution in [0.2, 0.25) is 0 Å². The number of aromatic amines is 1. The van der Waals surface area contributed by atoms with E-state index in [4.69, 9.17) is 4.52 Å². The summed E-state index contributed by atoms with van der Waals surface area (Å²) in [6.07, 6.45) is 0. The summed E-state index contributed by atoms with van der Waals surface area (Å²) in [4.78, 5) is 24.8. The second kappa shape index (κ2) is 5.41. The number of carboxylic acid groups (broad SMARTS) is 1. The molecule has 3 rings (SSSR count). The minimum atomic E-state index is -0.984. The molecule has 0 aromatic carbocycles. The Bertz CT molecular complexity index is 744. The van der Waals surface area contributed by atoms with Crippen LogP contribution in [0, 0.1) is 0 Å². The predicted molar refractivity (Wildman–Crippen MR) is 74.1 cm³/mol. The standard InChI is InChI=1S/C13H17N5O4/c1-7(2)9-3-8(22-16-9)4-17-6-11-14-15-13(21)18(11)5-10(17)12(19)20/h3,7,10H,4-6H2,1-2H3,(H,15,21)(H,19,20). The SMILES string of the molecule is CC(C)c1cc(CN2Cc3n[nH]c(=O)n3CC2C(=O)O)on1. The highest BCUT2D eigenvalue weighted by Gasteiger charge is 2.34. The lowest BCUT2D eigenvalue weighted by Crippen LogP contribution is -2.49. The third-order valence-corrected chi connectivity index (χ3v) is 3.79. The van der Waals surface area contributed by atoms with Gasteiger partial charge in [0.15, 0.2) is 5.76 Å². The summed E-state index contributed by atoms with van der Waals surface area (Å²) < 4.78 is 6.62. The van der Waals surface area contributed by atoms with Gasteiger partial charge in [-0.3, -0.25) is 14.3 Å². The van der Waals surface area contributed by atoms with Crippen LogP contribution in [0.15, 0.2) is 15.4 Å². The van der Waals surface area contributed by atoms with E-state index in [1.54, 1.807) is 4.90 Å². The van der Waals surface area contributed by atoms with Gasteiger partial charge in [0, 0.05) is 6.07 Å². The van der Waals surface area contributed by atoms with E-state index in [0.717, 1.165) is 5.69 Å². The molecule has 0 saturated carbocycles. The molecular weight excluding hydrogens is 290 g/mol. The number of rotatable bonds is 4. The number of fused-ring (bicyclic) bond motifs is 1. The van der Waals surface area contributed by atoms with E-state index in [-0.39, 0.29) is 24.7 Å². The van der Waals surface area contributed by atoms with E-state index in [0.29, 0.717) is 18.1 Å². The molecule has 0 bridgehead atoms. The summed E-state index contributed by atoms with van der Waals surface area (Å²) in [7, 11) is 0. The molecule has 1 aliphatic heterocycles. The largest absolute Gasteiger partial charge is 0.480 e. The number of H-pyrrole nitrogens is 1. The van der Waals surface area contributed by atoms with E-state index in [1.807, 2.05) is 19.9 Å². The first-order valence-electron chi connectivity index (χ1n) is 7.02. The summed E-state index contributed by atoms with van der Waals surface area (Å²) in [5, 5.41) is 19.6. The summed E-state index contributed by atoms with van der Waals surface area (Å²) in [6, 6.07) is 1.02. The van der Waals surface area contributed by atoms with Gasteiger partial charge in [0.2, 0.25) is 0 Å². The molecule has 2 aromatic rings. The molecule has 9 nitrogen and oxygen atoms in total. The van der Waals surface area contributed by atoms with Crippen LogP contribution in [0.25, 0.3) is 0 Å². The first-order chi connectivity index (χ1) is 10.5. The Hall–Kier alpha value is -2.42. The third-order valence-electron chi connectivity index (χ3n) is 3.79. The van der Waals surface area contributed by atoms with Crippen molar-refractivity contribution in [1.82, 2.24) is 24.8 Å². The van der Waals surface area contributed by atoms with Gasteiger partial charge in [-0.15, -0.1) is 0 Å². The van der Waals surface area contributed by atoms with Crippen LogP contribution in [-0.4, -0.2) is 41.9 Å². The fourth-order valence-electron chi connectivity index (χ4n) is 2.52. The van der Waals surface area contributed by atoms with Gasteiger partial charge in [-0.25, -0.2) is 9.89 Å². The minimum Gasteiger partial charge on any atom is -0.480 e. The lowest BCUT2D eigenvalue weighted by Gasteiger charge is -2.31. The zero-order valence-electron chi connectivity index (χ0n) is 12.3. The van der Waals surface area contributed by atoms with E-state index >= 15 is 0 Å². The topological polar surface area (TPSA) is 117 Å². The Morgan fingerprint density at radius 1 is 1.59 bits per heavy atom. The first-order valence-corrected chi connectivity index (χ1v) is 7.02. The first kappa shape index (κ1) is 14.5. The van der Waals surface area contributed by atoms with E-state index in [1.165, 1.54) is 4.57 Å². The second-order valence-electron chi connectivity index (χ2n) is 5.69. The maximum Gasteiger partial charge on any atom is 0.343 e. The summed E-state index contributed by atoms with van der Waals surface area (Å²) in [5.41, 5.74) is 0.443. The van der Waals surface area contributed by atoms with Crippen LogP contribution in [0.3, 0.4) is 0 Å². The minimum absolute atomic E-state index is 0.0607. The number of hydrogen-bond acceptors (Lipinski definition) is 6. The molecule has 118 valence electrons. The van der Waals surface area contributed by atoms with Crippen molar-refractivity contribution < 1.29 is 14.4 Å². The molecule has 2 aromatic heterocycles. The predicted octanol–water partition coefficient (Wildman–Crippen LogP) is 0.152. The molecular formula is C13H17N5O4. The summed E-state index contributed by atoms with van der Waals surface area (Å²) in [5.74, 6) is 0.375. The van der Waals surface area contributed by atoms with E-state index in [2.05, 4.69) is 15.4 Å². The van der Waals surface area contributed by atoms with Crippen molar-refractivity contribution in [2.75, 3.05) is 0 Å². The van der Waals surface area contributed by atoms with Gasteiger partial charge in [0.1, 0.15) is 11.9 Å². The number of nitrogens with zero attached hydrogens (tertiary/aromatic N) is 4. The number of carbonyl (C=O) groups is 1. The molecule has 1 unspecified atom stereocenters. The van der Waals surface area contributed by atoms with Gasteiger partial charge in [-0.05, 0) is 5.92 Å². The highest BCUT2D eigenvalue weighted by molar-refractivity contribution is 5.73. The van der Waals surface area contributed by atoms with E-state index in [9.17, 15) is 14.7 Å². The quantitative estimate of drug-likeness (QED) is 0.825. The molecule has 2 N–H and O–H groups in total. The molecule has 1 atom stereocenters. The highest BCUT2D eigenvalue weighted by Crippen LogP contribution is 2.20. The van der Waals surface area contributed by atoms with Crippen molar-refractivity contribution in [2.45, 2.75) is 45.4 Å². The van der Waals surface area contributed by atoms with Crippen LogP contribution in [0.1, 0.15) is 37.0 Å². The molecule has 0 saturated heterocycles. The van der Waals surface area contributed by atoms with Gasteiger partial charge in [-0.1, -0.05) is 19.0 Å². The summed E-state index contributed by atoms with van der Waals surface area (Å²) >= 11 is 0. The van der Waals surface area contributed by atoms with Crippen molar-refractivity contribution in [3.05, 3.63) is 33.8 Å². The van der Waals surface area contributed by atoms with Crippen LogP contribution >= 0.6 is 0 Å². The third kappa shape index (κ3) is 2.54. The Morgan fingerprint density at radius 3 is 3.00 bits per heavy atom. The number of carboxylic acids is 1. The summed E-state index contributed by atoms with van der Waals surface area (Å²) in [6.45, 7) is 4.63. The second-order valence-corrected chi connectivity index (χ2v) is 5.69. The normalized spacial score (nSPS) is 18.6. The maximum atomic E-state index is 11.6. The number of hydrogen-bond donors (Lipinski definition) is 2. The smallest absolute Gasteiger partial charge is 0.343 e. The zero-order chi connectivity index (χ0) is 15.9. The van der Waals surface area contributed by atoms with Crippen LogP contribution < -0.4 is 5.69 Å². The number of aromatic nitrogens is 4. The lowest BCUT2D eigenvalue weighted by molar-refractivity contribution is -0.145. The van der Waals surface area contributed by atoms with Crippen LogP contribution in [-0.2, 0) is 24.4 Å². The van der Waals surface area contributed by atoms with Crippen molar-refractivity contribution >= 4 is 5.97 Å². The van der Waals surface area contributed by atoms with Crippen molar-refractivity contribution in [3.8, 4) is 0 Å². The Morgan fingerprint density at radius 2 is 2.36 bits per heavy atom. The molecule has 22 heavy (non-hydrogen) atoms. The van der Waals surface area contributed by atoms with Gasteiger partial charge >= 0.3 is 11.7 Å². The fraction of sp³-hybridized carbons (Fsp3) is 0.538. The lowest BCUT2D eigenvalue weighted by atomic mass is 10.1. The molecule has 1 aliphatic rings. The molecule has 9 heteroatoms. The Labute approximate surface area is 125 Å². The van der Waals surface area contributed by atoms with E-state index < -0.39 is 12.0 Å². The van der Waals surface area contributed by atoms with Crippen molar-refractivity contribution in [2.24, 2.45) is 0 Å².